The van der Waals surface area contributed by atoms with Gasteiger partial charge in [-0.1, -0.05) is 25.7 Å². The van der Waals surface area contributed by atoms with Gasteiger partial charge in [0.25, 0.3) is 0 Å². The summed E-state index contributed by atoms with van der Waals surface area (Å²) >= 11 is 1.58. The minimum absolute atomic E-state index is 0.314. The van der Waals surface area contributed by atoms with Crippen molar-refractivity contribution in [1.29, 1.82) is 0 Å². The number of carbonyl (C=O) groups excluding carboxylic acids is 1. The Kier molecular flexibility index (Phi) is 5.22. The Bertz CT molecular complexity index is 479. The molecule has 1 aliphatic rings. The number of aliphatic carboxylic acids is 1. The van der Waals surface area contributed by atoms with Gasteiger partial charge in [-0.25, -0.2) is 9.59 Å². The van der Waals surface area contributed by atoms with Crippen LogP contribution in [0.5, 0.6) is 0 Å². The van der Waals surface area contributed by atoms with Crippen LogP contribution in [0.15, 0.2) is 16.8 Å². The van der Waals surface area contributed by atoms with Crippen molar-refractivity contribution in [2.75, 3.05) is 7.05 Å². The van der Waals surface area contributed by atoms with Crippen LogP contribution in [0.1, 0.15) is 44.1 Å². The van der Waals surface area contributed by atoms with Crippen molar-refractivity contribution in [1.82, 2.24) is 10.2 Å². The highest BCUT2D eigenvalue weighted by atomic mass is 32.1. The number of nitrogens with zero attached hydrogens (tertiary/aromatic N) is 1. The predicted octanol–water partition coefficient (Wildman–Crippen LogP) is 3.07. The third-order valence-corrected chi connectivity index (χ3v) is 4.79. The molecule has 1 saturated carbocycles. The highest BCUT2D eigenvalue weighted by Gasteiger charge is 2.40. The average Bonchev–Trinajstić information content (AvgIpc) is 2.83. The summed E-state index contributed by atoms with van der Waals surface area (Å²) in [6.07, 6.45) is 4.80. The minimum atomic E-state index is -1.10. The summed E-state index contributed by atoms with van der Waals surface area (Å²) in [5.74, 6) is -0.915. The Balaban J connectivity index is 2.02. The van der Waals surface area contributed by atoms with Crippen LogP contribution >= 0.6 is 11.3 Å². The molecule has 0 unspecified atom stereocenters. The van der Waals surface area contributed by atoms with Crippen LogP contribution in [0.3, 0.4) is 0 Å². The molecule has 2 rings (SSSR count). The zero-order valence-electron chi connectivity index (χ0n) is 12.3. The highest BCUT2D eigenvalue weighted by Crippen LogP contribution is 2.27. The summed E-state index contributed by atoms with van der Waals surface area (Å²) in [4.78, 5) is 25.5. The molecule has 1 heterocycles. The van der Waals surface area contributed by atoms with Gasteiger partial charge in [0.2, 0.25) is 0 Å². The van der Waals surface area contributed by atoms with Gasteiger partial charge in [-0.3, -0.25) is 0 Å². The molecule has 0 atom stereocenters. The first-order valence-electron chi connectivity index (χ1n) is 7.31. The summed E-state index contributed by atoms with van der Waals surface area (Å²) in [6.45, 7) is 0.491. The number of carboxylic acid groups (broad SMARTS) is 1. The molecule has 0 aliphatic heterocycles. The molecule has 2 amide bonds. The van der Waals surface area contributed by atoms with E-state index in [0.29, 0.717) is 19.4 Å². The molecule has 0 saturated heterocycles. The first kappa shape index (κ1) is 15.8. The van der Waals surface area contributed by atoms with Crippen molar-refractivity contribution in [3.8, 4) is 0 Å². The third-order valence-electron chi connectivity index (χ3n) is 4.06. The van der Waals surface area contributed by atoms with Gasteiger partial charge >= 0.3 is 12.0 Å². The van der Waals surface area contributed by atoms with Gasteiger partial charge in [0.15, 0.2) is 0 Å². The topological polar surface area (TPSA) is 69.6 Å². The van der Waals surface area contributed by atoms with Crippen LogP contribution < -0.4 is 5.32 Å². The van der Waals surface area contributed by atoms with Crippen LogP contribution in [0, 0.1) is 0 Å². The van der Waals surface area contributed by atoms with Gasteiger partial charge in [0.1, 0.15) is 5.54 Å². The smallest absolute Gasteiger partial charge is 0.329 e. The van der Waals surface area contributed by atoms with E-state index in [1.165, 1.54) is 4.90 Å². The zero-order valence-corrected chi connectivity index (χ0v) is 13.1. The van der Waals surface area contributed by atoms with Crippen LogP contribution in [0.4, 0.5) is 4.79 Å². The number of thiophene rings is 1. The standard InChI is InChI=1S/C15H22N2O3S/c1-17(10-12-6-9-21-11-12)14(20)16-15(13(18)19)7-4-2-3-5-8-15/h6,9,11H,2-5,7-8,10H2,1H3,(H,16,20)(H,18,19). The number of rotatable bonds is 4. The fourth-order valence-electron chi connectivity index (χ4n) is 2.75. The van der Waals surface area contributed by atoms with Crippen molar-refractivity contribution in [2.24, 2.45) is 0 Å². The molecule has 1 aliphatic carbocycles. The molecule has 21 heavy (non-hydrogen) atoms. The Labute approximate surface area is 129 Å². The Hall–Kier alpha value is -1.56. The summed E-state index contributed by atoms with van der Waals surface area (Å²) in [7, 11) is 1.69. The second-order valence-corrected chi connectivity index (χ2v) is 6.50. The van der Waals surface area contributed by atoms with Crippen molar-refractivity contribution >= 4 is 23.3 Å². The second-order valence-electron chi connectivity index (χ2n) is 5.72. The van der Waals surface area contributed by atoms with Crippen molar-refractivity contribution in [3.63, 3.8) is 0 Å². The quantitative estimate of drug-likeness (QED) is 0.840. The number of amides is 2. The number of hydrogen-bond acceptors (Lipinski definition) is 3. The minimum Gasteiger partial charge on any atom is -0.480 e. The van der Waals surface area contributed by atoms with Gasteiger partial charge in [-0.2, -0.15) is 11.3 Å². The molecule has 1 aromatic heterocycles. The summed E-state index contributed by atoms with van der Waals surface area (Å²) in [5, 5.41) is 16.3. The number of carboxylic acids is 1. The van der Waals surface area contributed by atoms with E-state index >= 15 is 0 Å². The first-order chi connectivity index (χ1) is 10.0. The SMILES string of the molecule is CN(Cc1ccsc1)C(=O)NC1(C(=O)O)CCCCCC1. The molecule has 0 bridgehead atoms. The van der Waals surface area contributed by atoms with Crippen molar-refractivity contribution in [3.05, 3.63) is 22.4 Å². The van der Waals surface area contributed by atoms with Crippen LogP contribution in [-0.4, -0.2) is 34.6 Å². The lowest BCUT2D eigenvalue weighted by molar-refractivity contribution is -0.145. The molecule has 5 nitrogen and oxygen atoms in total. The summed E-state index contributed by atoms with van der Waals surface area (Å²) < 4.78 is 0. The first-order valence-corrected chi connectivity index (χ1v) is 8.25. The Morgan fingerprint density at radius 1 is 1.33 bits per heavy atom. The lowest BCUT2D eigenvalue weighted by Gasteiger charge is -2.31. The number of carbonyl (C=O) groups is 2. The Morgan fingerprint density at radius 2 is 2.00 bits per heavy atom. The molecule has 116 valence electrons. The lowest BCUT2D eigenvalue weighted by atomic mass is 9.90. The zero-order chi connectivity index (χ0) is 15.3. The largest absolute Gasteiger partial charge is 0.480 e. The fraction of sp³-hybridized carbons (Fsp3) is 0.600. The van der Waals surface area contributed by atoms with Gasteiger partial charge in [0.05, 0.1) is 0 Å². The number of hydrogen-bond donors (Lipinski definition) is 2. The van der Waals surface area contributed by atoms with E-state index in [9.17, 15) is 14.7 Å². The normalized spacial score (nSPS) is 17.8. The maximum Gasteiger partial charge on any atom is 0.329 e. The monoisotopic (exact) mass is 310 g/mol. The average molecular weight is 310 g/mol. The molecule has 0 radical (unpaired) electrons. The summed E-state index contributed by atoms with van der Waals surface area (Å²) in [6, 6.07) is 1.65. The molecule has 0 aromatic carbocycles. The lowest BCUT2D eigenvalue weighted by Crippen LogP contribution is -2.57. The van der Waals surface area contributed by atoms with E-state index in [1.807, 2.05) is 16.8 Å². The van der Waals surface area contributed by atoms with Crippen LogP contribution in [-0.2, 0) is 11.3 Å². The van der Waals surface area contributed by atoms with E-state index in [1.54, 1.807) is 18.4 Å². The van der Waals surface area contributed by atoms with E-state index < -0.39 is 11.5 Å². The molecule has 6 heteroatoms. The highest BCUT2D eigenvalue weighted by molar-refractivity contribution is 7.07. The Morgan fingerprint density at radius 3 is 2.52 bits per heavy atom. The van der Waals surface area contributed by atoms with Crippen LogP contribution in [0.25, 0.3) is 0 Å². The molecule has 1 fully saturated rings. The van der Waals surface area contributed by atoms with E-state index in [-0.39, 0.29) is 6.03 Å². The second kappa shape index (κ2) is 6.93. The van der Waals surface area contributed by atoms with Gasteiger partial charge in [-0.05, 0) is 35.2 Å². The van der Waals surface area contributed by atoms with Gasteiger partial charge in [0, 0.05) is 13.6 Å². The molecule has 0 spiro atoms. The maximum absolute atomic E-state index is 12.3. The van der Waals surface area contributed by atoms with Crippen LogP contribution in [0.2, 0.25) is 0 Å². The molecule has 2 N–H and O–H groups in total. The number of nitrogens with one attached hydrogen (secondary N) is 1. The van der Waals surface area contributed by atoms with Crippen molar-refractivity contribution in [2.45, 2.75) is 50.6 Å². The third kappa shape index (κ3) is 3.97. The molecular weight excluding hydrogens is 288 g/mol. The van der Waals surface area contributed by atoms with Gasteiger partial charge < -0.3 is 15.3 Å². The maximum atomic E-state index is 12.3. The van der Waals surface area contributed by atoms with E-state index in [0.717, 1.165) is 31.2 Å². The summed E-state index contributed by atoms with van der Waals surface area (Å²) in [5.41, 5.74) is -0.0425. The van der Waals surface area contributed by atoms with E-state index in [2.05, 4.69) is 5.32 Å². The fourth-order valence-corrected chi connectivity index (χ4v) is 3.41. The predicted molar refractivity (Wildman–Crippen MR) is 82.4 cm³/mol. The van der Waals surface area contributed by atoms with Crippen molar-refractivity contribution < 1.29 is 14.7 Å². The molecular formula is C15H22N2O3S. The molecule has 1 aromatic rings. The van der Waals surface area contributed by atoms with E-state index in [4.69, 9.17) is 0 Å². The number of urea groups is 1. The van der Waals surface area contributed by atoms with Gasteiger partial charge in [-0.15, -0.1) is 0 Å².